The number of hydrogen-bond donors (Lipinski definition) is 2. The predicted octanol–water partition coefficient (Wildman–Crippen LogP) is -0.351. The van der Waals surface area contributed by atoms with Gasteiger partial charge in [0.25, 0.3) is 0 Å². The topological polar surface area (TPSA) is 58.2 Å². The number of rotatable bonds is 4. The van der Waals surface area contributed by atoms with Gasteiger partial charge in [-0.2, -0.15) is 0 Å². The van der Waals surface area contributed by atoms with Crippen molar-refractivity contribution in [2.24, 2.45) is 0 Å². The molecule has 2 amide bonds. The third-order valence-corrected chi connectivity index (χ3v) is 1.02. The summed E-state index contributed by atoms with van der Waals surface area (Å²) < 4.78 is 6.65. The van der Waals surface area contributed by atoms with Crippen molar-refractivity contribution in [3.8, 4) is 0 Å². The van der Waals surface area contributed by atoms with Gasteiger partial charge < -0.3 is 10.6 Å². The number of carbonyl (C=O) groups is 2. The van der Waals surface area contributed by atoms with Crippen molar-refractivity contribution >= 4 is 11.8 Å². The van der Waals surface area contributed by atoms with E-state index in [4.69, 9.17) is 1.37 Å². The zero-order valence-corrected chi connectivity index (χ0v) is 6.64. The standard InChI is InChI=1S/C7H14N2O2/c1-3-4-8-7(11)5-9-6(2)10/h3-5H2,1-2H3,(H,8,11)(H,9,10)/i2T. The van der Waals surface area contributed by atoms with E-state index >= 15 is 0 Å². The molecule has 0 spiro atoms. The number of nitrogens with one attached hydrogen (secondary N) is 2. The monoisotopic (exact) mass is 160 g/mol. The molecule has 0 aliphatic heterocycles. The van der Waals surface area contributed by atoms with Gasteiger partial charge in [0.2, 0.25) is 11.8 Å². The van der Waals surface area contributed by atoms with Crippen LogP contribution in [0.4, 0.5) is 0 Å². The highest BCUT2D eigenvalue weighted by atomic mass is 16.2. The molecule has 0 aliphatic carbocycles. The Labute approximate surface area is 67.8 Å². The molecule has 0 aromatic rings. The third kappa shape index (κ3) is 6.83. The zero-order chi connectivity index (χ0) is 9.40. The van der Waals surface area contributed by atoms with Crippen LogP contribution in [0, 0.1) is 0 Å². The summed E-state index contributed by atoms with van der Waals surface area (Å²) in [4.78, 5) is 21.3. The highest BCUT2D eigenvalue weighted by Crippen LogP contribution is 1.70. The Kier molecular flexibility index (Phi) is 4.17. The maximum Gasteiger partial charge on any atom is 0.239 e. The average Bonchev–Trinajstić information content (AvgIpc) is 2.10. The van der Waals surface area contributed by atoms with Crippen LogP contribution in [0.5, 0.6) is 0 Å². The molecule has 64 valence electrons. The Morgan fingerprint density at radius 1 is 1.45 bits per heavy atom. The minimum atomic E-state index is -0.429. The lowest BCUT2D eigenvalue weighted by molar-refractivity contribution is -0.125. The smallest absolute Gasteiger partial charge is 0.239 e. The Morgan fingerprint density at radius 3 is 2.73 bits per heavy atom. The molecule has 2 N–H and O–H groups in total. The fourth-order valence-corrected chi connectivity index (χ4v) is 0.506. The molecule has 0 unspecified atom stereocenters. The van der Waals surface area contributed by atoms with E-state index in [-0.39, 0.29) is 19.4 Å². The minimum Gasteiger partial charge on any atom is -0.355 e. The van der Waals surface area contributed by atoms with E-state index in [1.54, 1.807) is 0 Å². The second-order valence-electron chi connectivity index (χ2n) is 2.13. The molecule has 4 nitrogen and oxygen atoms in total. The van der Waals surface area contributed by atoms with Crippen molar-refractivity contribution in [1.29, 1.82) is 0 Å². The summed E-state index contributed by atoms with van der Waals surface area (Å²) in [6.07, 6.45) is 0.873. The van der Waals surface area contributed by atoms with Gasteiger partial charge in [-0.3, -0.25) is 9.59 Å². The van der Waals surface area contributed by atoms with E-state index in [0.717, 1.165) is 6.42 Å². The van der Waals surface area contributed by atoms with E-state index in [1.807, 2.05) is 6.92 Å². The Balaban J connectivity index is 3.37. The van der Waals surface area contributed by atoms with Crippen LogP contribution in [-0.4, -0.2) is 24.9 Å². The molecule has 4 heteroatoms. The molecule has 0 fully saturated rings. The van der Waals surface area contributed by atoms with Crippen molar-refractivity contribution in [3.05, 3.63) is 0 Å². The first kappa shape index (κ1) is 8.04. The second kappa shape index (κ2) is 5.70. The molecular weight excluding hydrogens is 144 g/mol. The molecular formula is C7H14N2O2. The van der Waals surface area contributed by atoms with E-state index in [9.17, 15) is 9.59 Å². The molecule has 0 aliphatic rings. The summed E-state index contributed by atoms with van der Waals surface area (Å²) in [5, 5.41) is 4.90. The lowest BCUT2D eigenvalue weighted by atomic mass is 10.4. The van der Waals surface area contributed by atoms with Crippen molar-refractivity contribution in [1.82, 2.24) is 10.6 Å². The van der Waals surface area contributed by atoms with Crippen LogP contribution in [-0.2, 0) is 9.59 Å². The van der Waals surface area contributed by atoms with Gasteiger partial charge in [-0.05, 0) is 6.42 Å². The summed E-state index contributed by atoms with van der Waals surface area (Å²) in [6, 6.07) is 0. The Hall–Kier alpha value is -1.06. The fraction of sp³-hybridized carbons (Fsp3) is 0.714. The molecule has 0 aromatic carbocycles. The minimum absolute atomic E-state index is 0.0300. The molecule has 0 atom stereocenters. The van der Waals surface area contributed by atoms with Gasteiger partial charge >= 0.3 is 0 Å². The quantitative estimate of drug-likeness (QED) is 0.590. The van der Waals surface area contributed by atoms with Gasteiger partial charge in [0.15, 0.2) is 0 Å². The number of carbonyl (C=O) groups excluding carboxylic acids is 2. The van der Waals surface area contributed by atoms with E-state index < -0.39 is 5.91 Å². The van der Waals surface area contributed by atoms with Crippen LogP contribution < -0.4 is 10.6 Å². The molecule has 0 saturated heterocycles. The first-order valence-electron chi connectivity index (χ1n) is 4.24. The SMILES string of the molecule is [3H]CC(=O)NCC(=O)NCCC. The predicted molar refractivity (Wildman–Crippen MR) is 42.0 cm³/mol. The van der Waals surface area contributed by atoms with Crippen molar-refractivity contribution in [2.75, 3.05) is 13.1 Å². The first-order valence-corrected chi connectivity index (χ1v) is 3.53. The van der Waals surface area contributed by atoms with Crippen LogP contribution in [0.1, 0.15) is 21.6 Å². The normalized spacial score (nSPS) is 10.1. The highest BCUT2D eigenvalue weighted by Gasteiger charge is 1.98. The highest BCUT2D eigenvalue weighted by molar-refractivity contribution is 5.83. The maximum absolute atomic E-state index is 10.8. The van der Waals surface area contributed by atoms with Crippen LogP contribution >= 0.6 is 0 Å². The molecule has 11 heavy (non-hydrogen) atoms. The largest absolute Gasteiger partial charge is 0.355 e. The first-order chi connectivity index (χ1) is 5.70. The van der Waals surface area contributed by atoms with Gasteiger partial charge in [0.1, 0.15) is 0 Å². The van der Waals surface area contributed by atoms with Crippen LogP contribution in [0.2, 0.25) is 0 Å². The molecule has 0 saturated carbocycles. The van der Waals surface area contributed by atoms with Crippen molar-refractivity contribution < 1.29 is 11.0 Å². The second-order valence-corrected chi connectivity index (χ2v) is 2.13. The molecule has 0 bridgehead atoms. The van der Waals surface area contributed by atoms with Crippen molar-refractivity contribution in [2.45, 2.75) is 20.2 Å². The summed E-state index contributed by atoms with van der Waals surface area (Å²) in [7, 11) is 0. The van der Waals surface area contributed by atoms with E-state index in [1.165, 1.54) is 0 Å². The zero-order valence-electron chi connectivity index (χ0n) is 7.64. The van der Waals surface area contributed by atoms with Gasteiger partial charge in [0.05, 0.1) is 6.54 Å². The van der Waals surface area contributed by atoms with Gasteiger partial charge in [-0.1, -0.05) is 6.92 Å². The molecule has 0 aromatic heterocycles. The summed E-state index contributed by atoms with van der Waals surface area (Å²) in [5.41, 5.74) is 0. The van der Waals surface area contributed by atoms with Gasteiger partial charge in [-0.25, -0.2) is 0 Å². The lowest BCUT2D eigenvalue weighted by Crippen LogP contribution is -2.36. The number of hydrogen-bond acceptors (Lipinski definition) is 2. The molecule has 0 radical (unpaired) electrons. The van der Waals surface area contributed by atoms with E-state index in [0.29, 0.717) is 6.54 Å². The molecule has 0 rings (SSSR count). The van der Waals surface area contributed by atoms with Gasteiger partial charge in [-0.15, -0.1) is 0 Å². The van der Waals surface area contributed by atoms with Crippen molar-refractivity contribution in [3.63, 3.8) is 0 Å². The third-order valence-electron chi connectivity index (χ3n) is 1.02. The summed E-state index contributed by atoms with van der Waals surface area (Å²) in [5.74, 6) is -0.639. The molecule has 0 heterocycles. The maximum atomic E-state index is 10.8. The Morgan fingerprint density at radius 2 is 2.18 bits per heavy atom. The van der Waals surface area contributed by atoms with Crippen LogP contribution in [0.15, 0.2) is 0 Å². The lowest BCUT2D eigenvalue weighted by Gasteiger charge is -2.02. The Bertz CT molecular complexity index is 161. The fourth-order valence-electron chi connectivity index (χ4n) is 0.506. The summed E-state index contributed by atoms with van der Waals surface area (Å²) in [6.45, 7) is 2.21. The van der Waals surface area contributed by atoms with Crippen LogP contribution in [0.3, 0.4) is 0 Å². The average molecular weight is 160 g/mol. The summed E-state index contributed by atoms with van der Waals surface area (Å²) >= 11 is 0. The van der Waals surface area contributed by atoms with Crippen LogP contribution in [0.25, 0.3) is 0 Å². The van der Waals surface area contributed by atoms with E-state index in [2.05, 4.69) is 10.6 Å². The van der Waals surface area contributed by atoms with Gasteiger partial charge in [0, 0.05) is 14.8 Å². The number of amides is 2.